The van der Waals surface area contributed by atoms with E-state index in [1.807, 2.05) is 42.2 Å². The van der Waals surface area contributed by atoms with Gasteiger partial charge in [-0.3, -0.25) is 9.59 Å². The number of amides is 2. The monoisotopic (exact) mass is 274 g/mol. The molecule has 0 aromatic heterocycles. The second-order valence-corrected chi connectivity index (χ2v) is 5.21. The number of rotatable bonds is 4. The van der Waals surface area contributed by atoms with Crippen molar-refractivity contribution in [2.45, 2.75) is 26.2 Å². The smallest absolute Gasteiger partial charge is 0.226 e. The van der Waals surface area contributed by atoms with Crippen LogP contribution in [0, 0.1) is 5.92 Å². The highest BCUT2D eigenvalue weighted by molar-refractivity contribution is 5.81. The van der Waals surface area contributed by atoms with Gasteiger partial charge < -0.3 is 10.2 Å². The third kappa shape index (κ3) is 3.83. The molecule has 0 radical (unpaired) electrons. The average molecular weight is 274 g/mol. The lowest BCUT2D eigenvalue weighted by Crippen LogP contribution is -2.43. The summed E-state index contributed by atoms with van der Waals surface area (Å²) in [7, 11) is 0. The fourth-order valence-electron chi connectivity index (χ4n) is 2.59. The van der Waals surface area contributed by atoms with E-state index >= 15 is 0 Å². The molecular weight excluding hydrogens is 252 g/mol. The molecular formula is C16H22N2O2. The number of hydrogen-bond donors (Lipinski definition) is 1. The van der Waals surface area contributed by atoms with Crippen molar-refractivity contribution in [2.75, 3.05) is 19.6 Å². The predicted molar refractivity (Wildman–Crippen MR) is 78.1 cm³/mol. The molecule has 1 aromatic carbocycles. The second-order valence-electron chi connectivity index (χ2n) is 5.21. The SMILES string of the molecule is CCNC(=O)C1CCN(C(=O)Cc2ccccc2)CC1. The first-order valence-corrected chi connectivity index (χ1v) is 7.30. The zero-order valence-electron chi connectivity index (χ0n) is 12.0. The van der Waals surface area contributed by atoms with Gasteiger partial charge in [0.15, 0.2) is 0 Å². The Labute approximate surface area is 120 Å². The van der Waals surface area contributed by atoms with Crippen molar-refractivity contribution in [1.82, 2.24) is 10.2 Å². The molecule has 1 aromatic rings. The quantitative estimate of drug-likeness (QED) is 0.906. The first-order chi connectivity index (χ1) is 9.70. The van der Waals surface area contributed by atoms with Crippen molar-refractivity contribution in [3.63, 3.8) is 0 Å². The molecule has 0 aliphatic carbocycles. The van der Waals surface area contributed by atoms with Crippen LogP contribution in [-0.2, 0) is 16.0 Å². The van der Waals surface area contributed by atoms with Crippen LogP contribution in [0.15, 0.2) is 30.3 Å². The van der Waals surface area contributed by atoms with Crippen LogP contribution in [0.25, 0.3) is 0 Å². The minimum atomic E-state index is 0.0655. The summed E-state index contributed by atoms with van der Waals surface area (Å²) in [6.45, 7) is 3.98. The number of carbonyl (C=O) groups is 2. The van der Waals surface area contributed by atoms with Crippen molar-refractivity contribution < 1.29 is 9.59 Å². The lowest BCUT2D eigenvalue weighted by atomic mass is 9.95. The highest BCUT2D eigenvalue weighted by Gasteiger charge is 2.26. The summed E-state index contributed by atoms with van der Waals surface area (Å²) >= 11 is 0. The molecule has 0 unspecified atom stereocenters. The van der Waals surface area contributed by atoms with Crippen LogP contribution in [-0.4, -0.2) is 36.3 Å². The van der Waals surface area contributed by atoms with E-state index in [9.17, 15) is 9.59 Å². The van der Waals surface area contributed by atoms with Gasteiger partial charge >= 0.3 is 0 Å². The van der Waals surface area contributed by atoms with Crippen LogP contribution in [0.3, 0.4) is 0 Å². The molecule has 2 amide bonds. The molecule has 1 aliphatic rings. The minimum absolute atomic E-state index is 0.0655. The van der Waals surface area contributed by atoms with Crippen LogP contribution in [0.1, 0.15) is 25.3 Å². The molecule has 1 saturated heterocycles. The van der Waals surface area contributed by atoms with E-state index in [4.69, 9.17) is 0 Å². The van der Waals surface area contributed by atoms with Gasteiger partial charge in [0.2, 0.25) is 11.8 Å². The standard InChI is InChI=1S/C16H22N2O2/c1-2-17-16(20)14-8-10-18(11-9-14)15(19)12-13-6-4-3-5-7-13/h3-7,14H,2,8-12H2,1H3,(H,17,20). The van der Waals surface area contributed by atoms with E-state index in [-0.39, 0.29) is 17.7 Å². The van der Waals surface area contributed by atoms with Gasteiger partial charge in [-0.05, 0) is 25.3 Å². The first kappa shape index (κ1) is 14.6. The zero-order valence-corrected chi connectivity index (χ0v) is 12.0. The molecule has 4 heteroatoms. The van der Waals surface area contributed by atoms with Crippen LogP contribution in [0.5, 0.6) is 0 Å². The Morgan fingerprint density at radius 1 is 1.20 bits per heavy atom. The van der Waals surface area contributed by atoms with Gasteiger partial charge in [-0.2, -0.15) is 0 Å². The molecule has 2 rings (SSSR count). The third-order valence-corrected chi connectivity index (χ3v) is 3.77. The minimum Gasteiger partial charge on any atom is -0.356 e. The molecule has 1 aliphatic heterocycles. The molecule has 4 nitrogen and oxygen atoms in total. The maximum absolute atomic E-state index is 12.2. The summed E-state index contributed by atoms with van der Waals surface area (Å²) < 4.78 is 0. The van der Waals surface area contributed by atoms with Gasteiger partial charge in [-0.1, -0.05) is 30.3 Å². The van der Waals surface area contributed by atoms with Crippen molar-refractivity contribution in [2.24, 2.45) is 5.92 Å². The fraction of sp³-hybridized carbons (Fsp3) is 0.500. The highest BCUT2D eigenvalue weighted by Crippen LogP contribution is 2.18. The Morgan fingerprint density at radius 3 is 2.45 bits per heavy atom. The maximum atomic E-state index is 12.2. The largest absolute Gasteiger partial charge is 0.356 e. The first-order valence-electron chi connectivity index (χ1n) is 7.30. The molecule has 1 fully saturated rings. The lowest BCUT2D eigenvalue weighted by molar-refractivity contribution is -0.135. The van der Waals surface area contributed by atoms with Crippen molar-refractivity contribution in [3.05, 3.63) is 35.9 Å². The van der Waals surface area contributed by atoms with Crippen LogP contribution in [0.4, 0.5) is 0 Å². The second kappa shape index (κ2) is 7.08. The van der Waals surface area contributed by atoms with Gasteiger partial charge in [0, 0.05) is 25.6 Å². The summed E-state index contributed by atoms with van der Waals surface area (Å²) in [6, 6.07) is 9.79. The highest BCUT2D eigenvalue weighted by atomic mass is 16.2. The van der Waals surface area contributed by atoms with E-state index < -0.39 is 0 Å². The molecule has 20 heavy (non-hydrogen) atoms. The topological polar surface area (TPSA) is 49.4 Å². The molecule has 0 bridgehead atoms. The predicted octanol–water partition coefficient (Wildman–Crippen LogP) is 1.60. The summed E-state index contributed by atoms with van der Waals surface area (Å²) in [5.41, 5.74) is 1.04. The third-order valence-electron chi connectivity index (χ3n) is 3.77. The number of benzene rings is 1. The number of likely N-dealkylation sites (tertiary alicyclic amines) is 1. The van der Waals surface area contributed by atoms with E-state index in [2.05, 4.69) is 5.32 Å². The normalized spacial score (nSPS) is 15.9. The van der Waals surface area contributed by atoms with E-state index in [1.165, 1.54) is 0 Å². The molecule has 1 N–H and O–H groups in total. The van der Waals surface area contributed by atoms with Crippen molar-refractivity contribution in [3.8, 4) is 0 Å². The number of hydrogen-bond acceptors (Lipinski definition) is 2. The fourth-order valence-corrected chi connectivity index (χ4v) is 2.59. The van der Waals surface area contributed by atoms with Gasteiger partial charge in [-0.15, -0.1) is 0 Å². The molecule has 0 saturated carbocycles. The average Bonchev–Trinajstić information content (AvgIpc) is 2.48. The number of nitrogens with zero attached hydrogens (tertiary/aromatic N) is 1. The Bertz CT molecular complexity index is 451. The number of carbonyl (C=O) groups excluding carboxylic acids is 2. The van der Waals surface area contributed by atoms with E-state index in [0.29, 0.717) is 26.1 Å². The van der Waals surface area contributed by atoms with Gasteiger partial charge in [0.25, 0.3) is 0 Å². The maximum Gasteiger partial charge on any atom is 0.226 e. The number of piperidine rings is 1. The Kier molecular flexibility index (Phi) is 5.16. The van der Waals surface area contributed by atoms with E-state index in [1.54, 1.807) is 0 Å². The molecule has 1 heterocycles. The Hall–Kier alpha value is -1.84. The molecule has 108 valence electrons. The summed E-state index contributed by atoms with van der Waals surface area (Å²) in [4.78, 5) is 25.8. The van der Waals surface area contributed by atoms with Crippen molar-refractivity contribution >= 4 is 11.8 Å². The summed E-state index contributed by atoms with van der Waals surface area (Å²) in [5, 5.41) is 2.86. The zero-order chi connectivity index (χ0) is 14.4. The Morgan fingerprint density at radius 2 is 1.85 bits per heavy atom. The van der Waals surface area contributed by atoms with Crippen LogP contribution in [0.2, 0.25) is 0 Å². The molecule has 0 spiro atoms. The summed E-state index contributed by atoms with van der Waals surface area (Å²) in [5.74, 6) is 0.351. The van der Waals surface area contributed by atoms with Crippen molar-refractivity contribution in [1.29, 1.82) is 0 Å². The van der Waals surface area contributed by atoms with Crippen LogP contribution >= 0.6 is 0 Å². The van der Waals surface area contributed by atoms with Gasteiger partial charge in [0.1, 0.15) is 0 Å². The van der Waals surface area contributed by atoms with Gasteiger partial charge in [0.05, 0.1) is 6.42 Å². The Balaban J connectivity index is 1.81. The van der Waals surface area contributed by atoms with Crippen LogP contribution < -0.4 is 5.32 Å². The summed E-state index contributed by atoms with van der Waals surface area (Å²) in [6.07, 6.45) is 1.99. The van der Waals surface area contributed by atoms with E-state index in [0.717, 1.165) is 18.4 Å². The van der Waals surface area contributed by atoms with Gasteiger partial charge in [-0.25, -0.2) is 0 Å². The number of nitrogens with one attached hydrogen (secondary N) is 1. The molecule has 0 atom stereocenters. The lowest BCUT2D eigenvalue weighted by Gasteiger charge is -2.31.